The van der Waals surface area contributed by atoms with Crippen molar-refractivity contribution in [2.75, 3.05) is 26.2 Å². The molecule has 5 rings (SSSR count). The topological polar surface area (TPSA) is 92.5 Å². The maximum Gasteiger partial charge on any atom is 0.251 e. The summed E-state index contributed by atoms with van der Waals surface area (Å²) in [6.45, 7) is 3.65. The van der Waals surface area contributed by atoms with E-state index in [2.05, 4.69) is 26.3 Å². The van der Waals surface area contributed by atoms with Gasteiger partial charge in [-0.1, -0.05) is 0 Å². The number of rotatable bonds is 6. The highest BCUT2D eigenvalue weighted by Gasteiger charge is 2.27. The van der Waals surface area contributed by atoms with Gasteiger partial charge in [-0.3, -0.25) is 19.7 Å². The third kappa shape index (κ3) is 4.90. The molecular weight excluding hydrogens is 425 g/mol. The van der Waals surface area contributed by atoms with Crippen LogP contribution in [0.5, 0.6) is 5.75 Å². The number of nitrogens with one attached hydrogen (secondary N) is 1. The van der Waals surface area contributed by atoms with Crippen molar-refractivity contribution in [3.05, 3.63) is 64.1 Å². The lowest BCUT2D eigenvalue weighted by Gasteiger charge is -2.36. The number of aliphatic hydroxyl groups excluding tert-OH is 1. The van der Waals surface area contributed by atoms with Crippen LogP contribution in [0.1, 0.15) is 24.1 Å². The second-order valence-corrected chi connectivity index (χ2v) is 8.76. The van der Waals surface area contributed by atoms with Crippen molar-refractivity contribution in [1.29, 1.82) is 0 Å². The van der Waals surface area contributed by atoms with Crippen LogP contribution in [0.4, 0.5) is 4.39 Å². The number of nitrogens with zero attached hydrogens (tertiary/aromatic N) is 4. The summed E-state index contributed by atoms with van der Waals surface area (Å²) in [6, 6.07) is 6.48. The van der Waals surface area contributed by atoms with Gasteiger partial charge in [-0.05, 0) is 43.5 Å². The van der Waals surface area contributed by atoms with Crippen molar-refractivity contribution in [3.8, 4) is 5.75 Å². The van der Waals surface area contributed by atoms with Crippen molar-refractivity contribution in [2.45, 2.75) is 44.5 Å². The van der Waals surface area contributed by atoms with Gasteiger partial charge in [-0.15, -0.1) is 0 Å². The fourth-order valence-corrected chi connectivity index (χ4v) is 4.69. The zero-order chi connectivity index (χ0) is 22.8. The van der Waals surface area contributed by atoms with E-state index in [-0.39, 0.29) is 11.6 Å². The van der Waals surface area contributed by atoms with E-state index in [0.717, 1.165) is 50.1 Å². The Morgan fingerprint density at radius 3 is 3.00 bits per heavy atom. The third-order valence-electron chi connectivity index (χ3n) is 6.51. The van der Waals surface area contributed by atoms with Crippen LogP contribution in [-0.4, -0.2) is 62.9 Å². The molecule has 0 aliphatic carbocycles. The number of ether oxygens (including phenoxy) is 1. The van der Waals surface area contributed by atoms with Crippen molar-refractivity contribution < 1.29 is 14.2 Å². The van der Waals surface area contributed by atoms with Crippen LogP contribution in [0, 0.1) is 5.82 Å². The Bertz CT molecular complexity index is 1200. The van der Waals surface area contributed by atoms with Crippen molar-refractivity contribution in [2.24, 2.45) is 0 Å². The SMILES string of the molecule is O=c1ccc2ncc(F)cc2n1CCN1CC[C@H](NCc2cc3c(cn2)OCCC3)[C@H](O)C1. The molecule has 9 heteroatoms. The highest BCUT2D eigenvalue weighted by Crippen LogP contribution is 2.24. The Hall–Kier alpha value is -2.88. The largest absolute Gasteiger partial charge is 0.492 e. The molecule has 3 aromatic rings. The highest BCUT2D eigenvalue weighted by atomic mass is 19.1. The molecule has 1 saturated heterocycles. The molecule has 1 fully saturated rings. The van der Waals surface area contributed by atoms with Crippen LogP contribution in [0.2, 0.25) is 0 Å². The lowest BCUT2D eigenvalue weighted by atomic mass is 10.0. The molecule has 33 heavy (non-hydrogen) atoms. The summed E-state index contributed by atoms with van der Waals surface area (Å²) in [5, 5.41) is 14.1. The Labute approximate surface area is 191 Å². The predicted molar refractivity (Wildman–Crippen MR) is 122 cm³/mol. The van der Waals surface area contributed by atoms with Gasteiger partial charge in [0, 0.05) is 44.4 Å². The molecule has 0 radical (unpaired) electrons. The Kier molecular flexibility index (Phi) is 6.34. The fourth-order valence-electron chi connectivity index (χ4n) is 4.69. The smallest absolute Gasteiger partial charge is 0.251 e. The zero-order valence-corrected chi connectivity index (χ0v) is 18.4. The number of β-amino-alcohol motifs (C(OH)–C–C–N with tert-alkyl or cyclic N) is 1. The molecule has 0 unspecified atom stereocenters. The molecule has 3 aromatic heterocycles. The van der Waals surface area contributed by atoms with E-state index in [0.29, 0.717) is 37.2 Å². The number of hydrogen-bond acceptors (Lipinski definition) is 7. The first-order chi connectivity index (χ1) is 16.1. The molecule has 8 nitrogen and oxygen atoms in total. The maximum atomic E-state index is 13.7. The Morgan fingerprint density at radius 1 is 1.21 bits per heavy atom. The summed E-state index contributed by atoms with van der Waals surface area (Å²) in [5.74, 6) is 0.410. The quantitative estimate of drug-likeness (QED) is 0.584. The van der Waals surface area contributed by atoms with E-state index in [1.54, 1.807) is 16.8 Å². The number of fused-ring (bicyclic) bond motifs is 2. The van der Waals surface area contributed by atoms with E-state index in [1.165, 1.54) is 17.7 Å². The molecule has 2 atom stereocenters. The average molecular weight is 454 g/mol. The van der Waals surface area contributed by atoms with E-state index in [9.17, 15) is 14.3 Å². The lowest BCUT2D eigenvalue weighted by molar-refractivity contribution is 0.0384. The molecule has 0 spiro atoms. The molecule has 0 amide bonds. The summed E-state index contributed by atoms with van der Waals surface area (Å²) < 4.78 is 20.8. The van der Waals surface area contributed by atoms with Gasteiger partial charge in [0.15, 0.2) is 0 Å². The van der Waals surface area contributed by atoms with Crippen LogP contribution in [-0.2, 0) is 19.5 Å². The van der Waals surface area contributed by atoms with E-state index < -0.39 is 11.9 Å². The molecule has 5 heterocycles. The molecule has 0 bridgehead atoms. The number of aromatic nitrogens is 3. The molecular formula is C24H28FN5O3. The Balaban J connectivity index is 1.16. The van der Waals surface area contributed by atoms with Crippen molar-refractivity contribution in [1.82, 2.24) is 24.8 Å². The second-order valence-electron chi connectivity index (χ2n) is 8.76. The number of hydrogen-bond donors (Lipinski definition) is 2. The zero-order valence-electron chi connectivity index (χ0n) is 18.4. The molecule has 174 valence electrons. The van der Waals surface area contributed by atoms with Gasteiger partial charge in [0.05, 0.1) is 41.8 Å². The van der Waals surface area contributed by atoms with Gasteiger partial charge in [0.2, 0.25) is 0 Å². The van der Waals surface area contributed by atoms with Crippen LogP contribution in [0.25, 0.3) is 11.0 Å². The number of likely N-dealkylation sites (tertiary alicyclic amines) is 1. The molecule has 2 aliphatic rings. The van der Waals surface area contributed by atoms with Gasteiger partial charge in [0.25, 0.3) is 5.56 Å². The summed E-state index contributed by atoms with van der Waals surface area (Å²) in [7, 11) is 0. The first-order valence-corrected chi connectivity index (χ1v) is 11.5. The average Bonchev–Trinajstić information content (AvgIpc) is 2.82. The summed E-state index contributed by atoms with van der Waals surface area (Å²) >= 11 is 0. The van der Waals surface area contributed by atoms with E-state index in [1.807, 2.05) is 0 Å². The van der Waals surface area contributed by atoms with Gasteiger partial charge >= 0.3 is 0 Å². The van der Waals surface area contributed by atoms with Crippen molar-refractivity contribution >= 4 is 11.0 Å². The van der Waals surface area contributed by atoms with Gasteiger partial charge in [0.1, 0.15) is 11.6 Å². The molecule has 2 aliphatic heterocycles. The minimum Gasteiger partial charge on any atom is -0.492 e. The van der Waals surface area contributed by atoms with Crippen LogP contribution >= 0.6 is 0 Å². The first-order valence-electron chi connectivity index (χ1n) is 11.5. The molecule has 0 saturated carbocycles. The van der Waals surface area contributed by atoms with Crippen molar-refractivity contribution in [3.63, 3.8) is 0 Å². The second kappa shape index (κ2) is 9.54. The van der Waals surface area contributed by atoms with Gasteiger partial charge < -0.3 is 19.7 Å². The van der Waals surface area contributed by atoms with Crippen LogP contribution < -0.4 is 15.6 Å². The maximum absolute atomic E-state index is 13.7. The first kappa shape index (κ1) is 21.9. The fraction of sp³-hybridized carbons (Fsp3) is 0.458. The predicted octanol–water partition coefficient (Wildman–Crippen LogP) is 1.48. The Morgan fingerprint density at radius 2 is 2.12 bits per heavy atom. The third-order valence-corrected chi connectivity index (χ3v) is 6.51. The minimum absolute atomic E-state index is 0.0195. The van der Waals surface area contributed by atoms with Gasteiger partial charge in [-0.25, -0.2) is 4.39 Å². The molecule has 2 N–H and O–H groups in total. The number of halogens is 1. The van der Waals surface area contributed by atoms with Crippen LogP contribution in [0.3, 0.4) is 0 Å². The number of aliphatic hydroxyl groups is 1. The van der Waals surface area contributed by atoms with E-state index >= 15 is 0 Å². The number of piperidine rings is 1. The van der Waals surface area contributed by atoms with Crippen LogP contribution in [0.15, 0.2) is 41.5 Å². The standard InChI is InChI=1S/C24H28FN5O3/c25-17-11-21-19(27-12-17)3-4-24(32)30(21)8-7-29-6-5-20(22(31)15-29)28-13-18-10-16-2-1-9-33-23(16)14-26-18/h3-4,10-12,14,20,22,28,31H,1-2,5-9,13,15H2/t20-,22+/m0/s1. The summed E-state index contributed by atoms with van der Waals surface area (Å²) in [6.07, 6.45) is 5.24. The number of pyridine rings is 3. The highest BCUT2D eigenvalue weighted by molar-refractivity contribution is 5.74. The summed E-state index contributed by atoms with van der Waals surface area (Å²) in [5.41, 5.74) is 3.03. The minimum atomic E-state index is -0.525. The lowest BCUT2D eigenvalue weighted by Crippen LogP contribution is -2.53. The number of aryl methyl sites for hydroxylation is 1. The van der Waals surface area contributed by atoms with E-state index in [4.69, 9.17) is 4.74 Å². The van der Waals surface area contributed by atoms with Gasteiger partial charge in [-0.2, -0.15) is 0 Å². The monoisotopic (exact) mass is 453 g/mol. The molecule has 0 aromatic carbocycles. The normalized spacial score (nSPS) is 21.0. The summed E-state index contributed by atoms with van der Waals surface area (Å²) in [4.78, 5) is 23.0.